The summed E-state index contributed by atoms with van der Waals surface area (Å²) >= 11 is 0. The van der Waals surface area contributed by atoms with Gasteiger partial charge < -0.3 is 10.1 Å². The van der Waals surface area contributed by atoms with E-state index in [0.29, 0.717) is 24.2 Å². The number of benzene rings is 1. The zero-order chi connectivity index (χ0) is 12.5. The van der Waals surface area contributed by atoms with Gasteiger partial charge in [0.2, 0.25) is 0 Å². The third kappa shape index (κ3) is 2.19. The SMILES string of the molecule is CNC(Cc1ccccc1C)C1CC2CCC1O2. The van der Waals surface area contributed by atoms with Crippen LogP contribution in [0, 0.1) is 12.8 Å². The molecule has 1 aromatic rings. The molecule has 1 N–H and O–H groups in total. The third-order valence-corrected chi connectivity index (χ3v) is 4.74. The summed E-state index contributed by atoms with van der Waals surface area (Å²) in [5.74, 6) is 0.702. The topological polar surface area (TPSA) is 21.3 Å². The van der Waals surface area contributed by atoms with Crippen LogP contribution in [0.2, 0.25) is 0 Å². The van der Waals surface area contributed by atoms with Gasteiger partial charge >= 0.3 is 0 Å². The van der Waals surface area contributed by atoms with Crippen LogP contribution >= 0.6 is 0 Å². The lowest BCUT2D eigenvalue weighted by Gasteiger charge is -2.28. The number of ether oxygens (including phenoxy) is 1. The highest BCUT2D eigenvalue weighted by molar-refractivity contribution is 5.26. The van der Waals surface area contributed by atoms with Crippen molar-refractivity contribution in [2.75, 3.05) is 7.05 Å². The first kappa shape index (κ1) is 12.2. The average molecular weight is 245 g/mol. The Morgan fingerprint density at radius 1 is 1.33 bits per heavy atom. The maximum Gasteiger partial charge on any atom is 0.0623 e. The summed E-state index contributed by atoms with van der Waals surface area (Å²) in [7, 11) is 2.09. The van der Waals surface area contributed by atoms with Crippen LogP contribution in [-0.2, 0) is 11.2 Å². The maximum atomic E-state index is 6.00. The van der Waals surface area contributed by atoms with Gasteiger partial charge in [0.25, 0.3) is 0 Å². The normalized spacial score (nSPS) is 31.8. The van der Waals surface area contributed by atoms with Crippen LogP contribution in [0.25, 0.3) is 0 Å². The van der Waals surface area contributed by atoms with Gasteiger partial charge in [-0.3, -0.25) is 0 Å². The molecule has 2 nitrogen and oxygen atoms in total. The second-order valence-corrected chi connectivity index (χ2v) is 5.80. The number of hydrogen-bond acceptors (Lipinski definition) is 2. The largest absolute Gasteiger partial charge is 0.375 e. The van der Waals surface area contributed by atoms with E-state index in [1.54, 1.807) is 0 Å². The van der Waals surface area contributed by atoms with Crippen LogP contribution in [-0.4, -0.2) is 25.3 Å². The molecule has 0 amide bonds. The highest BCUT2D eigenvalue weighted by Gasteiger charge is 2.43. The number of hydrogen-bond donors (Lipinski definition) is 1. The molecule has 2 fully saturated rings. The summed E-state index contributed by atoms with van der Waals surface area (Å²) < 4.78 is 6.00. The molecule has 2 aliphatic heterocycles. The minimum atomic E-state index is 0.511. The van der Waals surface area contributed by atoms with E-state index >= 15 is 0 Å². The molecule has 98 valence electrons. The average Bonchev–Trinajstić information content (AvgIpc) is 3.00. The molecule has 0 aliphatic carbocycles. The molecule has 4 unspecified atom stereocenters. The molecule has 2 heterocycles. The smallest absolute Gasteiger partial charge is 0.0623 e. The molecule has 1 aromatic carbocycles. The first-order chi connectivity index (χ1) is 8.78. The molecular weight excluding hydrogens is 222 g/mol. The second-order valence-electron chi connectivity index (χ2n) is 5.80. The molecule has 3 rings (SSSR count). The van der Waals surface area contributed by atoms with E-state index in [1.807, 2.05) is 0 Å². The number of aryl methyl sites for hydroxylation is 1. The first-order valence-electron chi connectivity index (χ1n) is 7.15. The predicted molar refractivity (Wildman–Crippen MR) is 73.7 cm³/mol. The van der Waals surface area contributed by atoms with E-state index in [1.165, 1.54) is 30.4 Å². The lowest BCUT2D eigenvalue weighted by molar-refractivity contribution is 0.0863. The van der Waals surface area contributed by atoms with Gasteiger partial charge in [-0.2, -0.15) is 0 Å². The van der Waals surface area contributed by atoms with E-state index < -0.39 is 0 Å². The van der Waals surface area contributed by atoms with Gasteiger partial charge in [0.15, 0.2) is 0 Å². The molecule has 0 aromatic heterocycles. The van der Waals surface area contributed by atoms with Crippen molar-refractivity contribution in [2.24, 2.45) is 5.92 Å². The highest BCUT2D eigenvalue weighted by atomic mass is 16.5. The van der Waals surface area contributed by atoms with Crippen LogP contribution < -0.4 is 5.32 Å². The van der Waals surface area contributed by atoms with E-state index in [0.717, 1.165) is 6.42 Å². The number of nitrogens with one attached hydrogen (secondary N) is 1. The number of rotatable bonds is 4. The van der Waals surface area contributed by atoms with Crippen molar-refractivity contribution in [1.82, 2.24) is 5.32 Å². The summed E-state index contributed by atoms with van der Waals surface area (Å²) in [4.78, 5) is 0. The Kier molecular flexibility index (Phi) is 3.40. The Labute approximate surface area is 110 Å². The van der Waals surface area contributed by atoms with Crippen molar-refractivity contribution < 1.29 is 4.74 Å². The molecular formula is C16H23NO. The van der Waals surface area contributed by atoms with E-state index in [4.69, 9.17) is 4.74 Å². The minimum Gasteiger partial charge on any atom is -0.375 e. The Balaban J connectivity index is 1.72. The molecule has 2 saturated heterocycles. The fraction of sp³-hybridized carbons (Fsp3) is 0.625. The molecule has 0 radical (unpaired) electrons. The standard InChI is InChI=1S/C16H23NO/c1-11-5-3-4-6-12(11)9-15(17-2)14-10-13-7-8-16(14)18-13/h3-6,13-17H,7-10H2,1-2H3. The molecule has 2 aliphatic rings. The van der Waals surface area contributed by atoms with Crippen LogP contribution in [0.4, 0.5) is 0 Å². The predicted octanol–water partition coefficient (Wildman–Crippen LogP) is 2.69. The van der Waals surface area contributed by atoms with E-state index in [2.05, 4.69) is 43.6 Å². The fourth-order valence-corrected chi connectivity index (χ4v) is 3.64. The number of likely N-dealkylation sites (N-methyl/N-ethyl adjacent to an activating group) is 1. The second kappa shape index (κ2) is 5.02. The van der Waals surface area contributed by atoms with Crippen molar-refractivity contribution >= 4 is 0 Å². The fourth-order valence-electron chi connectivity index (χ4n) is 3.64. The molecule has 2 heteroatoms. The minimum absolute atomic E-state index is 0.511. The molecule has 0 saturated carbocycles. The van der Waals surface area contributed by atoms with Gasteiger partial charge in [0.05, 0.1) is 12.2 Å². The van der Waals surface area contributed by atoms with E-state index in [9.17, 15) is 0 Å². The zero-order valence-corrected chi connectivity index (χ0v) is 11.4. The molecule has 0 spiro atoms. The summed E-state index contributed by atoms with van der Waals surface area (Å²) in [5.41, 5.74) is 2.88. The maximum absolute atomic E-state index is 6.00. The molecule has 2 bridgehead atoms. The van der Waals surface area contributed by atoms with Crippen molar-refractivity contribution in [3.05, 3.63) is 35.4 Å². The summed E-state index contributed by atoms with van der Waals surface area (Å²) in [5, 5.41) is 3.52. The van der Waals surface area contributed by atoms with Crippen LogP contribution in [0.5, 0.6) is 0 Å². The number of fused-ring (bicyclic) bond motifs is 2. The Morgan fingerprint density at radius 3 is 2.78 bits per heavy atom. The van der Waals surface area contributed by atoms with E-state index in [-0.39, 0.29) is 0 Å². The van der Waals surface area contributed by atoms with Gasteiger partial charge in [0, 0.05) is 12.0 Å². The Bertz CT molecular complexity index is 417. The lowest BCUT2D eigenvalue weighted by atomic mass is 9.81. The monoisotopic (exact) mass is 245 g/mol. The third-order valence-electron chi connectivity index (χ3n) is 4.74. The van der Waals surface area contributed by atoms with Crippen molar-refractivity contribution in [1.29, 1.82) is 0 Å². The quantitative estimate of drug-likeness (QED) is 0.880. The zero-order valence-electron chi connectivity index (χ0n) is 11.4. The highest BCUT2D eigenvalue weighted by Crippen LogP contribution is 2.41. The molecule has 4 atom stereocenters. The Hall–Kier alpha value is -0.860. The van der Waals surface area contributed by atoms with Gasteiger partial charge in [0.1, 0.15) is 0 Å². The molecule has 18 heavy (non-hydrogen) atoms. The van der Waals surface area contributed by atoms with Crippen molar-refractivity contribution in [2.45, 2.75) is 50.9 Å². The van der Waals surface area contributed by atoms with Gasteiger partial charge in [-0.1, -0.05) is 24.3 Å². The summed E-state index contributed by atoms with van der Waals surface area (Å²) in [6.07, 6.45) is 5.98. The first-order valence-corrected chi connectivity index (χ1v) is 7.15. The van der Waals surface area contributed by atoms with Crippen molar-refractivity contribution in [3.63, 3.8) is 0 Å². The van der Waals surface area contributed by atoms with Gasteiger partial charge in [-0.05, 0) is 50.8 Å². The Morgan fingerprint density at radius 2 is 2.17 bits per heavy atom. The summed E-state index contributed by atoms with van der Waals surface area (Å²) in [6.45, 7) is 2.21. The van der Waals surface area contributed by atoms with Gasteiger partial charge in [-0.25, -0.2) is 0 Å². The lowest BCUT2D eigenvalue weighted by Crippen LogP contribution is -2.40. The van der Waals surface area contributed by atoms with Crippen molar-refractivity contribution in [3.8, 4) is 0 Å². The van der Waals surface area contributed by atoms with Crippen LogP contribution in [0.15, 0.2) is 24.3 Å². The summed E-state index contributed by atoms with van der Waals surface area (Å²) in [6, 6.07) is 9.29. The van der Waals surface area contributed by atoms with Crippen LogP contribution in [0.3, 0.4) is 0 Å². The van der Waals surface area contributed by atoms with Gasteiger partial charge in [-0.15, -0.1) is 0 Å². The van der Waals surface area contributed by atoms with Crippen LogP contribution in [0.1, 0.15) is 30.4 Å².